The van der Waals surface area contributed by atoms with Crippen molar-refractivity contribution >= 4 is 22.9 Å². The van der Waals surface area contributed by atoms with E-state index in [9.17, 15) is 9.59 Å². The Balaban J connectivity index is 1.53. The van der Waals surface area contributed by atoms with Crippen LogP contribution >= 0.6 is 0 Å². The highest BCUT2D eigenvalue weighted by Crippen LogP contribution is 2.21. The summed E-state index contributed by atoms with van der Waals surface area (Å²) in [6.07, 6.45) is 2.84. The van der Waals surface area contributed by atoms with E-state index in [1.807, 2.05) is 60.7 Å². The number of nitrogens with one attached hydrogen (secondary N) is 1. The van der Waals surface area contributed by atoms with Crippen LogP contribution in [0.15, 0.2) is 72.8 Å². The van der Waals surface area contributed by atoms with Crippen LogP contribution in [0.3, 0.4) is 0 Å². The van der Waals surface area contributed by atoms with Gasteiger partial charge in [-0.2, -0.15) is 0 Å². The lowest BCUT2D eigenvalue weighted by atomic mass is 10.0. The van der Waals surface area contributed by atoms with Gasteiger partial charge < -0.3 is 15.0 Å². The maximum atomic E-state index is 12.7. The van der Waals surface area contributed by atoms with E-state index in [1.165, 1.54) is 0 Å². The molecule has 0 bridgehead atoms. The maximum absolute atomic E-state index is 12.7. The largest absolute Gasteiger partial charge is 0.497 e. The van der Waals surface area contributed by atoms with Crippen molar-refractivity contribution < 1.29 is 14.3 Å². The van der Waals surface area contributed by atoms with Crippen LogP contribution in [0.25, 0.3) is 0 Å². The number of benzene rings is 3. The van der Waals surface area contributed by atoms with Gasteiger partial charge in [-0.25, -0.2) is 0 Å². The molecule has 0 radical (unpaired) electrons. The quantitative estimate of drug-likeness (QED) is 0.213. The van der Waals surface area contributed by atoms with Crippen molar-refractivity contribution in [3.05, 3.63) is 89.5 Å². The topological polar surface area (TPSA) is 58.6 Å². The summed E-state index contributed by atoms with van der Waals surface area (Å²) in [6.45, 7) is 7.49. The van der Waals surface area contributed by atoms with Gasteiger partial charge in [-0.1, -0.05) is 50.2 Å². The van der Waals surface area contributed by atoms with Crippen molar-refractivity contribution in [1.29, 1.82) is 0 Å². The third-order valence-corrected chi connectivity index (χ3v) is 6.21. The molecule has 0 aliphatic carbocycles. The van der Waals surface area contributed by atoms with Gasteiger partial charge in [-0.3, -0.25) is 9.59 Å². The molecule has 0 spiro atoms. The Labute approximate surface area is 209 Å². The Bertz CT molecular complexity index is 1100. The number of rotatable bonds is 14. The number of anilines is 2. The Hall–Kier alpha value is -3.44. The minimum atomic E-state index is 0.0490. The smallest absolute Gasteiger partial charge is 0.167 e. The van der Waals surface area contributed by atoms with Gasteiger partial charge in [0.1, 0.15) is 5.75 Å². The molecule has 0 atom stereocenters. The standard InChI is InChI=1S/C30H36N2O3/c1-4-32(5-2)19-7-6-14-29(33)24-10-8-12-27(21-24)31-26-17-15-23(16-18-26)20-30(34)25-11-9-13-28(22-25)35-3/h8-13,15-18,21-22,31H,4-7,14,19-20H2,1-3H3. The van der Waals surface area contributed by atoms with E-state index in [0.717, 1.165) is 55.0 Å². The van der Waals surface area contributed by atoms with Crippen molar-refractivity contribution in [1.82, 2.24) is 4.90 Å². The summed E-state index contributed by atoms with van der Waals surface area (Å²) >= 11 is 0. The zero-order valence-electron chi connectivity index (χ0n) is 21.0. The summed E-state index contributed by atoms with van der Waals surface area (Å²) in [5, 5.41) is 3.36. The molecule has 0 saturated heterocycles. The number of carbonyl (C=O) groups excluding carboxylic acids is 2. The van der Waals surface area contributed by atoms with E-state index in [-0.39, 0.29) is 11.6 Å². The average molecular weight is 473 g/mol. The van der Waals surface area contributed by atoms with Crippen molar-refractivity contribution in [2.75, 3.05) is 32.1 Å². The van der Waals surface area contributed by atoms with Gasteiger partial charge in [-0.15, -0.1) is 0 Å². The minimum absolute atomic E-state index is 0.0490. The molecule has 0 saturated carbocycles. The Morgan fingerprint density at radius 2 is 1.49 bits per heavy atom. The zero-order valence-corrected chi connectivity index (χ0v) is 21.0. The fraction of sp³-hybridized carbons (Fsp3) is 0.333. The van der Waals surface area contributed by atoms with Crippen LogP contribution < -0.4 is 10.1 Å². The molecule has 0 aliphatic heterocycles. The van der Waals surface area contributed by atoms with Crippen LogP contribution in [0.1, 0.15) is 59.4 Å². The van der Waals surface area contributed by atoms with E-state index in [0.29, 0.717) is 24.2 Å². The molecule has 0 heterocycles. The minimum Gasteiger partial charge on any atom is -0.497 e. The second-order valence-electron chi connectivity index (χ2n) is 8.64. The lowest BCUT2D eigenvalue weighted by molar-refractivity contribution is 0.0974. The molecule has 5 nitrogen and oxygen atoms in total. The van der Waals surface area contributed by atoms with Crippen molar-refractivity contribution in [2.24, 2.45) is 0 Å². The fourth-order valence-electron chi connectivity index (χ4n) is 4.03. The van der Waals surface area contributed by atoms with Crippen molar-refractivity contribution in [3.8, 4) is 5.75 Å². The summed E-state index contributed by atoms with van der Waals surface area (Å²) in [7, 11) is 1.59. The second kappa shape index (κ2) is 13.4. The number of methoxy groups -OCH3 is 1. The van der Waals surface area contributed by atoms with E-state index in [4.69, 9.17) is 4.74 Å². The first-order valence-corrected chi connectivity index (χ1v) is 12.4. The molecule has 3 aromatic rings. The van der Waals surface area contributed by atoms with E-state index in [1.54, 1.807) is 19.2 Å². The van der Waals surface area contributed by atoms with Gasteiger partial charge in [0, 0.05) is 35.3 Å². The molecular weight excluding hydrogens is 436 g/mol. The summed E-state index contributed by atoms with van der Waals surface area (Å²) in [6, 6.07) is 22.7. The number of nitrogens with zero attached hydrogens (tertiary/aromatic N) is 1. The number of Topliss-reactive ketones (excluding diaryl/α,β-unsaturated/α-hetero) is 2. The predicted octanol–water partition coefficient (Wildman–Crippen LogP) is 6.56. The van der Waals surface area contributed by atoms with Gasteiger partial charge >= 0.3 is 0 Å². The first-order valence-electron chi connectivity index (χ1n) is 12.4. The molecule has 0 aliphatic rings. The number of unbranched alkanes of at least 4 members (excludes halogenated alkanes) is 1. The Morgan fingerprint density at radius 1 is 0.800 bits per heavy atom. The van der Waals surface area contributed by atoms with Crippen LogP contribution in [0.4, 0.5) is 11.4 Å². The second-order valence-corrected chi connectivity index (χ2v) is 8.64. The van der Waals surface area contributed by atoms with E-state index in [2.05, 4.69) is 24.1 Å². The van der Waals surface area contributed by atoms with Crippen molar-refractivity contribution in [3.63, 3.8) is 0 Å². The van der Waals surface area contributed by atoms with Crippen LogP contribution in [0.2, 0.25) is 0 Å². The maximum Gasteiger partial charge on any atom is 0.167 e. The monoisotopic (exact) mass is 472 g/mol. The van der Waals surface area contributed by atoms with E-state index >= 15 is 0 Å². The predicted molar refractivity (Wildman–Crippen MR) is 143 cm³/mol. The van der Waals surface area contributed by atoms with Gasteiger partial charge in [0.2, 0.25) is 0 Å². The Kier molecular flexibility index (Phi) is 10.1. The summed E-state index contributed by atoms with van der Waals surface area (Å²) < 4.78 is 5.21. The highest BCUT2D eigenvalue weighted by atomic mass is 16.5. The van der Waals surface area contributed by atoms with Crippen LogP contribution in [-0.4, -0.2) is 43.2 Å². The molecular formula is C30H36N2O3. The van der Waals surface area contributed by atoms with Crippen molar-refractivity contribution in [2.45, 2.75) is 39.5 Å². The molecule has 3 rings (SSSR count). The summed E-state index contributed by atoms with van der Waals surface area (Å²) in [4.78, 5) is 27.7. The number of ether oxygens (including phenoxy) is 1. The molecule has 184 valence electrons. The van der Waals surface area contributed by atoms with Gasteiger partial charge in [-0.05, 0) is 74.4 Å². The first-order chi connectivity index (χ1) is 17.0. The van der Waals surface area contributed by atoms with Crippen LogP contribution in [0.5, 0.6) is 5.75 Å². The lowest BCUT2D eigenvalue weighted by Gasteiger charge is -2.17. The molecule has 0 unspecified atom stereocenters. The molecule has 0 fully saturated rings. The zero-order chi connectivity index (χ0) is 25.0. The summed E-state index contributed by atoms with van der Waals surface area (Å²) in [5.74, 6) is 0.906. The molecule has 35 heavy (non-hydrogen) atoms. The number of carbonyl (C=O) groups is 2. The first kappa shape index (κ1) is 26.2. The van der Waals surface area contributed by atoms with Crippen LogP contribution in [0, 0.1) is 0 Å². The highest BCUT2D eigenvalue weighted by molar-refractivity contribution is 5.98. The number of hydrogen-bond donors (Lipinski definition) is 1. The number of ketones is 2. The highest BCUT2D eigenvalue weighted by Gasteiger charge is 2.10. The summed E-state index contributed by atoms with van der Waals surface area (Å²) in [5.41, 5.74) is 4.10. The third-order valence-electron chi connectivity index (χ3n) is 6.21. The van der Waals surface area contributed by atoms with Gasteiger partial charge in [0.25, 0.3) is 0 Å². The molecule has 1 N–H and O–H groups in total. The molecule has 0 aromatic heterocycles. The molecule has 0 amide bonds. The SMILES string of the molecule is CCN(CC)CCCCC(=O)c1cccc(Nc2ccc(CC(=O)c3cccc(OC)c3)cc2)c1. The number of hydrogen-bond acceptors (Lipinski definition) is 5. The molecule has 3 aromatic carbocycles. The molecule has 5 heteroatoms. The van der Waals surface area contributed by atoms with Gasteiger partial charge in [0.15, 0.2) is 11.6 Å². The fourth-order valence-corrected chi connectivity index (χ4v) is 4.03. The lowest BCUT2D eigenvalue weighted by Crippen LogP contribution is -2.24. The normalized spacial score (nSPS) is 10.9. The van der Waals surface area contributed by atoms with Gasteiger partial charge in [0.05, 0.1) is 7.11 Å². The Morgan fingerprint density at radius 3 is 2.17 bits per heavy atom. The van der Waals surface area contributed by atoms with E-state index < -0.39 is 0 Å². The van der Waals surface area contributed by atoms with Crippen LogP contribution in [-0.2, 0) is 6.42 Å². The third kappa shape index (κ3) is 8.08. The average Bonchev–Trinajstić information content (AvgIpc) is 2.90.